The van der Waals surface area contributed by atoms with Crippen molar-refractivity contribution in [3.05, 3.63) is 29.8 Å². The van der Waals surface area contributed by atoms with Gasteiger partial charge in [0.25, 0.3) is 0 Å². The molecule has 10 heteroatoms. The molecule has 0 amide bonds. The van der Waals surface area contributed by atoms with Crippen LogP contribution in [-0.2, 0) is 11.3 Å². The van der Waals surface area contributed by atoms with Crippen molar-refractivity contribution in [3.63, 3.8) is 0 Å². The summed E-state index contributed by atoms with van der Waals surface area (Å²) in [7, 11) is 1.65. The average molecular weight is 544 g/mol. The first-order valence-electron chi connectivity index (χ1n) is 9.82. The third kappa shape index (κ3) is 10.2. The van der Waals surface area contributed by atoms with Gasteiger partial charge < -0.3 is 20.1 Å². The highest BCUT2D eigenvalue weighted by Crippen LogP contribution is 2.22. The molecule has 1 saturated heterocycles. The van der Waals surface area contributed by atoms with Crippen molar-refractivity contribution in [1.29, 1.82) is 0 Å². The van der Waals surface area contributed by atoms with Crippen LogP contribution in [0.4, 0.5) is 13.2 Å². The summed E-state index contributed by atoms with van der Waals surface area (Å²) >= 11 is 0. The van der Waals surface area contributed by atoms with E-state index in [2.05, 4.69) is 34.4 Å². The third-order valence-corrected chi connectivity index (χ3v) is 4.38. The predicted octanol–water partition coefficient (Wildman–Crippen LogP) is 3.27. The van der Waals surface area contributed by atoms with E-state index in [1.54, 1.807) is 25.2 Å². The number of morpholine rings is 1. The van der Waals surface area contributed by atoms with Gasteiger partial charge in [-0.15, -0.1) is 24.0 Å². The van der Waals surface area contributed by atoms with E-state index in [0.29, 0.717) is 37.1 Å². The lowest BCUT2D eigenvalue weighted by molar-refractivity contribution is -0.153. The molecule has 1 aromatic rings. The van der Waals surface area contributed by atoms with E-state index in [9.17, 15) is 13.2 Å². The molecule has 6 nitrogen and oxygen atoms in total. The summed E-state index contributed by atoms with van der Waals surface area (Å²) in [6.45, 7) is 7.51. The number of nitrogens with zero attached hydrogens (tertiary/aromatic N) is 2. The van der Waals surface area contributed by atoms with Crippen LogP contribution in [0.15, 0.2) is 29.3 Å². The minimum absolute atomic E-state index is 0. The van der Waals surface area contributed by atoms with E-state index in [-0.39, 0.29) is 35.8 Å². The number of hydrogen-bond acceptors (Lipinski definition) is 4. The second kappa shape index (κ2) is 13.2. The summed E-state index contributed by atoms with van der Waals surface area (Å²) in [4.78, 5) is 6.57. The molecule has 0 aliphatic carbocycles. The number of ether oxygens (including phenoxy) is 2. The highest BCUT2D eigenvalue weighted by Gasteiger charge is 2.28. The molecule has 30 heavy (non-hydrogen) atoms. The number of halogens is 4. The number of para-hydroxylation sites is 1. The molecule has 0 bridgehead atoms. The average Bonchev–Trinajstić information content (AvgIpc) is 2.66. The Bertz CT molecular complexity index is 659. The van der Waals surface area contributed by atoms with Crippen LogP contribution in [0.3, 0.4) is 0 Å². The van der Waals surface area contributed by atoms with Crippen molar-refractivity contribution >= 4 is 29.9 Å². The Kier molecular flexibility index (Phi) is 11.8. The Morgan fingerprint density at radius 2 is 2.03 bits per heavy atom. The molecule has 1 aliphatic rings. The van der Waals surface area contributed by atoms with Crippen LogP contribution < -0.4 is 15.4 Å². The number of nitrogens with one attached hydrogen (secondary N) is 2. The molecular weight excluding hydrogens is 512 g/mol. The Morgan fingerprint density at radius 1 is 1.30 bits per heavy atom. The highest BCUT2D eigenvalue weighted by molar-refractivity contribution is 14.0. The first-order chi connectivity index (χ1) is 13.8. The molecule has 2 N–H and O–H groups in total. The first kappa shape index (κ1) is 26.8. The lowest BCUT2D eigenvalue weighted by Gasteiger charge is -2.34. The fraction of sp³-hybridized carbons (Fsp3) is 0.650. The maximum atomic E-state index is 12.4. The lowest BCUT2D eigenvalue weighted by Crippen LogP contribution is -2.50. The van der Waals surface area contributed by atoms with Crippen LogP contribution in [-0.4, -0.2) is 69.6 Å². The van der Waals surface area contributed by atoms with E-state index in [4.69, 9.17) is 9.47 Å². The second-order valence-corrected chi connectivity index (χ2v) is 7.46. The summed E-state index contributed by atoms with van der Waals surface area (Å²) in [6.07, 6.45) is -4.31. The molecule has 1 heterocycles. The summed E-state index contributed by atoms with van der Waals surface area (Å²) in [5.74, 6) is 1.36. The topological polar surface area (TPSA) is 58.1 Å². The second-order valence-electron chi connectivity index (χ2n) is 7.46. The quantitative estimate of drug-likeness (QED) is 0.299. The van der Waals surface area contributed by atoms with Gasteiger partial charge in [0, 0.05) is 45.3 Å². The van der Waals surface area contributed by atoms with Gasteiger partial charge in [-0.25, -0.2) is 0 Å². The fourth-order valence-electron chi connectivity index (χ4n) is 3.15. The Hall–Kier alpha value is -1.27. The van der Waals surface area contributed by atoms with Gasteiger partial charge in [-0.05, 0) is 12.0 Å². The van der Waals surface area contributed by atoms with Crippen LogP contribution in [0, 0.1) is 5.92 Å². The fourth-order valence-corrected chi connectivity index (χ4v) is 3.15. The number of aliphatic imine (C=N–C) groups is 1. The maximum Gasteiger partial charge on any atom is 0.422 e. The molecule has 0 radical (unpaired) electrons. The molecular formula is C20H32F3IN4O2. The minimum atomic E-state index is -4.37. The first-order valence-corrected chi connectivity index (χ1v) is 9.82. The summed E-state index contributed by atoms with van der Waals surface area (Å²) in [6, 6.07) is 6.65. The molecule has 2 rings (SSSR count). The Balaban J connectivity index is 0.00000450. The Labute approximate surface area is 193 Å². The van der Waals surface area contributed by atoms with Crippen LogP contribution in [0.2, 0.25) is 0 Å². The molecule has 0 saturated carbocycles. The van der Waals surface area contributed by atoms with Gasteiger partial charge in [-0.2, -0.15) is 13.2 Å². The van der Waals surface area contributed by atoms with E-state index < -0.39 is 12.8 Å². The van der Waals surface area contributed by atoms with Crippen LogP contribution in [0.5, 0.6) is 5.75 Å². The van der Waals surface area contributed by atoms with Crippen molar-refractivity contribution in [2.75, 3.05) is 46.4 Å². The van der Waals surface area contributed by atoms with Crippen molar-refractivity contribution < 1.29 is 22.6 Å². The van der Waals surface area contributed by atoms with Gasteiger partial charge in [0.05, 0.1) is 12.7 Å². The maximum absolute atomic E-state index is 12.4. The molecule has 1 unspecified atom stereocenters. The van der Waals surface area contributed by atoms with Crippen molar-refractivity contribution in [2.24, 2.45) is 10.9 Å². The van der Waals surface area contributed by atoms with Crippen LogP contribution in [0.1, 0.15) is 19.4 Å². The SMILES string of the molecule is CN=C(NCc1ccccc1OCC(F)(F)F)NCC1CN(CC(C)C)CCO1.I. The molecule has 1 aliphatic heterocycles. The summed E-state index contributed by atoms with van der Waals surface area (Å²) in [5.41, 5.74) is 0.622. The van der Waals surface area contributed by atoms with Crippen LogP contribution >= 0.6 is 24.0 Å². The molecule has 172 valence electrons. The molecule has 1 atom stereocenters. The smallest absolute Gasteiger partial charge is 0.422 e. The monoisotopic (exact) mass is 544 g/mol. The third-order valence-electron chi connectivity index (χ3n) is 4.38. The van der Waals surface area contributed by atoms with Crippen LogP contribution in [0.25, 0.3) is 0 Å². The van der Waals surface area contributed by atoms with Gasteiger partial charge in [0.2, 0.25) is 0 Å². The van der Waals surface area contributed by atoms with Crippen molar-refractivity contribution in [2.45, 2.75) is 32.7 Å². The van der Waals surface area contributed by atoms with E-state index in [1.165, 1.54) is 6.07 Å². The number of benzene rings is 1. The van der Waals surface area contributed by atoms with Crippen molar-refractivity contribution in [1.82, 2.24) is 15.5 Å². The van der Waals surface area contributed by atoms with Gasteiger partial charge in [-0.3, -0.25) is 9.89 Å². The van der Waals surface area contributed by atoms with Gasteiger partial charge in [0.1, 0.15) is 5.75 Å². The number of hydrogen-bond donors (Lipinski definition) is 2. The predicted molar refractivity (Wildman–Crippen MR) is 123 cm³/mol. The van der Waals surface area contributed by atoms with E-state index in [0.717, 1.165) is 19.6 Å². The summed E-state index contributed by atoms with van der Waals surface area (Å²) < 4.78 is 48.0. The molecule has 1 fully saturated rings. The highest BCUT2D eigenvalue weighted by atomic mass is 127. The standard InChI is InChI=1S/C20H31F3N4O2.HI/c1-15(2)12-27-8-9-28-17(13-27)11-26-19(24-3)25-10-16-6-4-5-7-18(16)29-14-20(21,22)23;/h4-7,15,17H,8-14H2,1-3H3,(H2,24,25,26);1H. The largest absolute Gasteiger partial charge is 0.484 e. The minimum Gasteiger partial charge on any atom is -0.484 e. The lowest BCUT2D eigenvalue weighted by atomic mass is 10.2. The van der Waals surface area contributed by atoms with E-state index >= 15 is 0 Å². The molecule has 1 aromatic carbocycles. The number of alkyl halides is 3. The normalized spacial score (nSPS) is 18.1. The van der Waals surface area contributed by atoms with Gasteiger partial charge in [0.15, 0.2) is 12.6 Å². The zero-order valence-corrected chi connectivity index (χ0v) is 20.0. The van der Waals surface area contributed by atoms with Crippen molar-refractivity contribution in [3.8, 4) is 5.75 Å². The zero-order valence-electron chi connectivity index (χ0n) is 17.7. The molecule has 0 spiro atoms. The number of guanidine groups is 1. The van der Waals surface area contributed by atoms with Gasteiger partial charge in [-0.1, -0.05) is 32.0 Å². The molecule has 0 aromatic heterocycles. The number of rotatable bonds is 8. The van der Waals surface area contributed by atoms with Gasteiger partial charge >= 0.3 is 6.18 Å². The Morgan fingerprint density at radius 3 is 2.70 bits per heavy atom. The zero-order chi connectivity index (χ0) is 21.3. The summed E-state index contributed by atoms with van der Waals surface area (Å²) in [5, 5.41) is 6.34. The van der Waals surface area contributed by atoms with E-state index in [1.807, 2.05) is 0 Å².